The fourth-order valence-electron chi connectivity index (χ4n) is 2.58. The SMILES string of the molecule is N#Cc1c(C2CCCC2)nn(-c2ccc(Cl)nn2)c1Cl. The zero-order valence-corrected chi connectivity index (χ0v) is 12.1. The van der Waals surface area contributed by atoms with E-state index in [0.29, 0.717) is 22.5 Å². The lowest BCUT2D eigenvalue weighted by Crippen LogP contribution is -2.02. The van der Waals surface area contributed by atoms with Crippen molar-refractivity contribution in [3.8, 4) is 11.9 Å². The van der Waals surface area contributed by atoms with Crippen molar-refractivity contribution in [2.24, 2.45) is 0 Å². The van der Waals surface area contributed by atoms with Crippen molar-refractivity contribution in [1.82, 2.24) is 20.0 Å². The summed E-state index contributed by atoms with van der Waals surface area (Å²) in [7, 11) is 0. The van der Waals surface area contributed by atoms with E-state index in [1.807, 2.05) is 0 Å². The normalized spacial score (nSPS) is 15.4. The summed E-state index contributed by atoms with van der Waals surface area (Å²) in [5.41, 5.74) is 1.21. The maximum absolute atomic E-state index is 9.32. The first kappa shape index (κ1) is 13.3. The minimum Gasteiger partial charge on any atom is -0.200 e. The molecule has 2 aromatic heterocycles. The zero-order chi connectivity index (χ0) is 14.1. The molecule has 7 heteroatoms. The van der Waals surface area contributed by atoms with Crippen LogP contribution in [-0.4, -0.2) is 20.0 Å². The Labute approximate surface area is 126 Å². The Morgan fingerprint density at radius 3 is 2.55 bits per heavy atom. The Kier molecular flexibility index (Phi) is 3.60. The van der Waals surface area contributed by atoms with Crippen LogP contribution in [0.2, 0.25) is 10.3 Å². The van der Waals surface area contributed by atoms with Gasteiger partial charge in [0.25, 0.3) is 0 Å². The molecule has 1 saturated carbocycles. The summed E-state index contributed by atoms with van der Waals surface area (Å²) < 4.78 is 1.46. The summed E-state index contributed by atoms with van der Waals surface area (Å²) in [6.45, 7) is 0. The molecule has 2 heterocycles. The van der Waals surface area contributed by atoms with Gasteiger partial charge in [0.1, 0.15) is 11.6 Å². The molecule has 0 radical (unpaired) electrons. The third-order valence-electron chi connectivity index (χ3n) is 3.54. The molecule has 1 aliphatic rings. The molecule has 0 spiro atoms. The van der Waals surface area contributed by atoms with E-state index in [2.05, 4.69) is 21.4 Å². The van der Waals surface area contributed by atoms with Gasteiger partial charge < -0.3 is 0 Å². The fraction of sp³-hybridized carbons (Fsp3) is 0.385. The van der Waals surface area contributed by atoms with Crippen LogP contribution in [0.25, 0.3) is 5.82 Å². The van der Waals surface area contributed by atoms with Gasteiger partial charge in [-0.3, -0.25) is 0 Å². The van der Waals surface area contributed by atoms with Gasteiger partial charge in [-0.2, -0.15) is 10.4 Å². The van der Waals surface area contributed by atoms with E-state index in [1.54, 1.807) is 12.1 Å². The molecule has 0 amide bonds. The van der Waals surface area contributed by atoms with Crippen molar-refractivity contribution in [2.75, 3.05) is 0 Å². The highest BCUT2D eigenvalue weighted by atomic mass is 35.5. The number of aromatic nitrogens is 4. The summed E-state index contributed by atoms with van der Waals surface area (Å²) in [6.07, 6.45) is 4.43. The molecule has 2 aromatic rings. The molecule has 0 unspecified atom stereocenters. The van der Waals surface area contributed by atoms with Gasteiger partial charge in [0.2, 0.25) is 0 Å². The molecule has 1 fully saturated rings. The highest BCUT2D eigenvalue weighted by Gasteiger charge is 2.27. The first-order valence-electron chi connectivity index (χ1n) is 6.39. The molecule has 0 saturated heterocycles. The van der Waals surface area contributed by atoms with Gasteiger partial charge in [-0.15, -0.1) is 10.2 Å². The molecule has 0 aromatic carbocycles. The van der Waals surface area contributed by atoms with Gasteiger partial charge in [0.05, 0.1) is 5.69 Å². The molecular formula is C13H11Cl2N5. The van der Waals surface area contributed by atoms with Crippen molar-refractivity contribution >= 4 is 23.2 Å². The lowest BCUT2D eigenvalue weighted by molar-refractivity contribution is 0.672. The van der Waals surface area contributed by atoms with Crippen molar-refractivity contribution in [2.45, 2.75) is 31.6 Å². The summed E-state index contributed by atoms with van der Waals surface area (Å²) in [6, 6.07) is 5.44. The van der Waals surface area contributed by atoms with Gasteiger partial charge in [0, 0.05) is 5.92 Å². The van der Waals surface area contributed by atoms with Gasteiger partial charge in [-0.1, -0.05) is 36.0 Å². The van der Waals surface area contributed by atoms with E-state index < -0.39 is 0 Å². The zero-order valence-electron chi connectivity index (χ0n) is 10.6. The van der Waals surface area contributed by atoms with Crippen LogP contribution >= 0.6 is 23.2 Å². The summed E-state index contributed by atoms with van der Waals surface area (Å²) >= 11 is 12.0. The van der Waals surface area contributed by atoms with E-state index in [1.165, 1.54) is 17.5 Å². The van der Waals surface area contributed by atoms with Crippen molar-refractivity contribution < 1.29 is 0 Å². The minimum absolute atomic E-state index is 0.283. The number of hydrogen-bond acceptors (Lipinski definition) is 4. The van der Waals surface area contributed by atoms with Crippen LogP contribution in [0.15, 0.2) is 12.1 Å². The molecule has 0 aliphatic heterocycles. The number of hydrogen-bond donors (Lipinski definition) is 0. The quantitative estimate of drug-likeness (QED) is 0.851. The number of halogens is 2. The number of rotatable bonds is 2. The molecule has 5 nitrogen and oxygen atoms in total. The second-order valence-electron chi connectivity index (χ2n) is 4.77. The van der Waals surface area contributed by atoms with Crippen molar-refractivity contribution in [1.29, 1.82) is 5.26 Å². The van der Waals surface area contributed by atoms with Gasteiger partial charge in [-0.25, -0.2) is 4.68 Å². The molecule has 3 rings (SSSR count). The maximum atomic E-state index is 9.32. The van der Waals surface area contributed by atoms with Gasteiger partial charge in [0.15, 0.2) is 16.1 Å². The van der Waals surface area contributed by atoms with E-state index in [0.717, 1.165) is 18.5 Å². The molecule has 0 bridgehead atoms. The van der Waals surface area contributed by atoms with Gasteiger partial charge in [-0.05, 0) is 25.0 Å². The highest BCUT2D eigenvalue weighted by molar-refractivity contribution is 6.31. The van der Waals surface area contributed by atoms with Crippen LogP contribution in [-0.2, 0) is 0 Å². The van der Waals surface area contributed by atoms with E-state index in [-0.39, 0.29) is 5.15 Å². The Balaban J connectivity index is 2.08. The van der Waals surface area contributed by atoms with E-state index >= 15 is 0 Å². The Morgan fingerprint density at radius 1 is 1.20 bits per heavy atom. The monoisotopic (exact) mass is 307 g/mol. The first-order chi connectivity index (χ1) is 9.70. The van der Waals surface area contributed by atoms with Gasteiger partial charge >= 0.3 is 0 Å². The average molecular weight is 308 g/mol. The third kappa shape index (κ3) is 2.26. The second-order valence-corrected chi connectivity index (χ2v) is 5.52. The lowest BCUT2D eigenvalue weighted by atomic mass is 10.0. The van der Waals surface area contributed by atoms with Crippen LogP contribution < -0.4 is 0 Å². The van der Waals surface area contributed by atoms with Crippen LogP contribution in [0.1, 0.15) is 42.9 Å². The molecule has 0 atom stereocenters. The summed E-state index contributed by atoms with van der Waals surface area (Å²) in [5.74, 6) is 0.767. The molecule has 0 N–H and O–H groups in total. The topological polar surface area (TPSA) is 67.4 Å². The molecule has 20 heavy (non-hydrogen) atoms. The largest absolute Gasteiger partial charge is 0.200 e. The number of nitrogens with zero attached hydrogens (tertiary/aromatic N) is 5. The second kappa shape index (κ2) is 5.39. The first-order valence-corrected chi connectivity index (χ1v) is 7.14. The average Bonchev–Trinajstić information content (AvgIpc) is 3.07. The molecular weight excluding hydrogens is 297 g/mol. The lowest BCUT2D eigenvalue weighted by Gasteiger charge is -2.04. The van der Waals surface area contributed by atoms with Crippen LogP contribution in [0, 0.1) is 11.3 Å². The third-order valence-corrected chi connectivity index (χ3v) is 4.10. The smallest absolute Gasteiger partial charge is 0.177 e. The predicted octanol–water partition coefficient (Wildman–Crippen LogP) is 3.50. The Morgan fingerprint density at radius 2 is 1.95 bits per heavy atom. The highest BCUT2D eigenvalue weighted by Crippen LogP contribution is 2.37. The summed E-state index contributed by atoms with van der Waals surface area (Å²) in [5, 5.41) is 22.1. The predicted molar refractivity (Wildman–Crippen MR) is 75.1 cm³/mol. The van der Waals surface area contributed by atoms with Crippen LogP contribution in [0.5, 0.6) is 0 Å². The Hall–Kier alpha value is -1.64. The standard InChI is InChI=1S/C13H11Cl2N5/c14-10-5-6-11(18-17-10)20-13(15)9(7-16)12(19-20)8-3-1-2-4-8/h5-6,8H,1-4H2. The van der Waals surface area contributed by atoms with Crippen molar-refractivity contribution in [3.63, 3.8) is 0 Å². The van der Waals surface area contributed by atoms with Crippen molar-refractivity contribution in [3.05, 3.63) is 33.7 Å². The fourth-order valence-corrected chi connectivity index (χ4v) is 2.94. The van der Waals surface area contributed by atoms with E-state index in [4.69, 9.17) is 23.2 Å². The molecule has 1 aliphatic carbocycles. The maximum Gasteiger partial charge on any atom is 0.177 e. The molecule has 102 valence electrons. The van der Waals surface area contributed by atoms with Crippen LogP contribution in [0.3, 0.4) is 0 Å². The summed E-state index contributed by atoms with van der Waals surface area (Å²) in [4.78, 5) is 0. The Bertz CT molecular complexity index is 665. The number of nitriles is 1. The van der Waals surface area contributed by atoms with E-state index in [9.17, 15) is 5.26 Å². The minimum atomic E-state index is 0.283. The van der Waals surface area contributed by atoms with Crippen LogP contribution in [0.4, 0.5) is 0 Å².